The average molecular weight is 249 g/mol. The third kappa shape index (κ3) is 2.85. The molecular formula is C14H19NOS. The van der Waals surface area contributed by atoms with Crippen LogP contribution in [-0.2, 0) is 6.42 Å². The zero-order valence-corrected chi connectivity index (χ0v) is 11.4. The number of para-hydroxylation sites is 1. The Hall–Kier alpha value is -0.930. The van der Waals surface area contributed by atoms with Crippen LogP contribution in [0.15, 0.2) is 24.3 Å². The van der Waals surface area contributed by atoms with E-state index in [1.165, 1.54) is 4.70 Å². The smallest absolute Gasteiger partial charge is 0.0942 e. The molecule has 1 heterocycles. The van der Waals surface area contributed by atoms with Crippen LogP contribution in [0.4, 0.5) is 0 Å². The summed E-state index contributed by atoms with van der Waals surface area (Å²) in [5.41, 5.74) is 1.07. The molecule has 2 aromatic rings. The first-order valence-corrected chi connectivity index (χ1v) is 6.92. The van der Waals surface area contributed by atoms with Gasteiger partial charge in [-0.05, 0) is 30.9 Å². The summed E-state index contributed by atoms with van der Waals surface area (Å²) in [6.07, 6.45) is 0.594. The standard InChI is InChI=1S/C14H19NOS/c1-9(2)11(10(3)16)8-14-15-12-6-4-5-7-13(12)17-14/h4-7,9-11,16H,8H2,1-3H3. The van der Waals surface area contributed by atoms with Gasteiger partial charge in [0.25, 0.3) is 0 Å². The van der Waals surface area contributed by atoms with Gasteiger partial charge in [0.05, 0.1) is 21.3 Å². The SMILES string of the molecule is CC(C)C(Cc1nc2ccccc2s1)C(C)O. The van der Waals surface area contributed by atoms with E-state index in [1.807, 2.05) is 25.1 Å². The summed E-state index contributed by atoms with van der Waals surface area (Å²) in [6, 6.07) is 8.20. The number of hydrogen-bond acceptors (Lipinski definition) is 3. The van der Waals surface area contributed by atoms with Crippen LogP contribution in [0.25, 0.3) is 10.2 Å². The number of thiazole rings is 1. The Bertz CT molecular complexity index is 449. The highest BCUT2D eigenvalue weighted by Crippen LogP contribution is 2.27. The van der Waals surface area contributed by atoms with Crippen LogP contribution < -0.4 is 0 Å². The van der Waals surface area contributed by atoms with Gasteiger partial charge in [-0.3, -0.25) is 0 Å². The maximum atomic E-state index is 9.80. The minimum Gasteiger partial charge on any atom is -0.393 e. The van der Waals surface area contributed by atoms with Gasteiger partial charge >= 0.3 is 0 Å². The predicted octanol–water partition coefficient (Wildman–Crippen LogP) is 3.49. The second-order valence-electron chi connectivity index (χ2n) is 4.93. The average Bonchev–Trinajstić information content (AvgIpc) is 2.67. The molecule has 1 aromatic carbocycles. The second kappa shape index (κ2) is 5.15. The Morgan fingerprint density at radius 2 is 1.94 bits per heavy atom. The molecule has 17 heavy (non-hydrogen) atoms. The third-order valence-corrected chi connectivity index (χ3v) is 4.28. The van der Waals surface area contributed by atoms with E-state index in [9.17, 15) is 5.11 Å². The summed E-state index contributed by atoms with van der Waals surface area (Å²) < 4.78 is 1.23. The van der Waals surface area contributed by atoms with Crippen LogP contribution in [0.1, 0.15) is 25.8 Å². The first-order valence-electron chi connectivity index (χ1n) is 6.10. The number of aliphatic hydroxyl groups is 1. The molecule has 0 aliphatic carbocycles. The molecule has 0 aliphatic heterocycles. The quantitative estimate of drug-likeness (QED) is 0.899. The summed E-state index contributed by atoms with van der Waals surface area (Å²) in [6.45, 7) is 6.19. The summed E-state index contributed by atoms with van der Waals surface area (Å²) in [7, 11) is 0. The third-order valence-electron chi connectivity index (χ3n) is 3.22. The number of hydrogen-bond donors (Lipinski definition) is 1. The number of fused-ring (bicyclic) bond motifs is 1. The van der Waals surface area contributed by atoms with Crippen molar-refractivity contribution in [3.05, 3.63) is 29.3 Å². The lowest BCUT2D eigenvalue weighted by atomic mass is 9.88. The molecule has 3 heteroatoms. The van der Waals surface area contributed by atoms with Gasteiger partial charge in [0, 0.05) is 6.42 Å². The van der Waals surface area contributed by atoms with Gasteiger partial charge in [0.1, 0.15) is 0 Å². The van der Waals surface area contributed by atoms with Gasteiger partial charge < -0.3 is 5.11 Å². The highest BCUT2D eigenvalue weighted by atomic mass is 32.1. The van der Waals surface area contributed by atoms with Crippen molar-refractivity contribution in [2.75, 3.05) is 0 Å². The molecular weight excluding hydrogens is 230 g/mol. The summed E-state index contributed by atoms with van der Waals surface area (Å²) in [5.74, 6) is 0.762. The molecule has 0 amide bonds. The molecule has 0 radical (unpaired) electrons. The van der Waals surface area contributed by atoms with Crippen molar-refractivity contribution >= 4 is 21.6 Å². The Kier molecular flexibility index (Phi) is 3.79. The van der Waals surface area contributed by atoms with E-state index in [4.69, 9.17) is 0 Å². The molecule has 1 aromatic heterocycles. The number of nitrogens with zero attached hydrogens (tertiary/aromatic N) is 1. The van der Waals surface area contributed by atoms with Crippen molar-refractivity contribution in [3.63, 3.8) is 0 Å². The first-order chi connectivity index (χ1) is 8.08. The summed E-state index contributed by atoms with van der Waals surface area (Å²) in [5, 5.41) is 10.9. The molecule has 1 N–H and O–H groups in total. The van der Waals surface area contributed by atoms with E-state index in [0.717, 1.165) is 16.9 Å². The number of rotatable bonds is 4. The maximum absolute atomic E-state index is 9.80. The molecule has 0 saturated carbocycles. The van der Waals surface area contributed by atoms with Gasteiger partial charge in [-0.25, -0.2) is 4.98 Å². The van der Waals surface area contributed by atoms with E-state index >= 15 is 0 Å². The van der Waals surface area contributed by atoms with Crippen LogP contribution in [0.5, 0.6) is 0 Å². The van der Waals surface area contributed by atoms with E-state index in [0.29, 0.717) is 5.92 Å². The summed E-state index contributed by atoms with van der Waals surface area (Å²) in [4.78, 5) is 4.62. The molecule has 2 unspecified atom stereocenters. The fourth-order valence-electron chi connectivity index (χ4n) is 2.17. The van der Waals surface area contributed by atoms with Crippen LogP contribution >= 0.6 is 11.3 Å². The molecule has 2 nitrogen and oxygen atoms in total. The maximum Gasteiger partial charge on any atom is 0.0942 e. The summed E-state index contributed by atoms with van der Waals surface area (Å²) >= 11 is 1.74. The van der Waals surface area contributed by atoms with Crippen molar-refractivity contribution < 1.29 is 5.11 Å². The van der Waals surface area contributed by atoms with Crippen LogP contribution in [0.3, 0.4) is 0 Å². The van der Waals surface area contributed by atoms with Crippen molar-refractivity contribution in [2.24, 2.45) is 11.8 Å². The van der Waals surface area contributed by atoms with Crippen molar-refractivity contribution in [1.29, 1.82) is 0 Å². The topological polar surface area (TPSA) is 33.1 Å². The molecule has 0 spiro atoms. The largest absolute Gasteiger partial charge is 0.393 e. The Balaban J connectivity index is 2.22. The minimum atomic E-state index is -0.276. The predicted molar refractivity (Wildman–Crippen MR) is 73.3 cm³/mol. The number of aromatic nitrogens is 1. The van der Waals surface area contributed by atoms with Gasteiger partial charge in [-0.1, -0.05) is 26.0 Å². The van der Waals surface area contributed by atoms with Gasteiger partial charge in [0.2, 0.25) is 0 Å². The first kappa shape index (κ1) is 12.5. The number of benzene rings is 1. The van der Waals surface area contributed by atoms with E-state index in [-0.39, 0.29) is 12.0 Å². The monoisotopic (exact) mass is 249 g/mol. The van der Waals surface area contributed by atoms with E-state index in [2.05, 4.69) is 24.9 Å². The zero-order chi connectivity index (χ0) is 12.4. The molecule has 0 saturated heterocycles. The van der Waals surface area contributed by atoms with E-state index in [1.54, 1.807) is 11.3 Å². The fourth-order valence-corrected chi connectivity index (χ4v) is 3.21. The molecule has 0 aliphatic rings. The van der Waals surface area contributed by atoms with Crippen LogP contribution in [0.2, 0.25) is 0 Å². The van der Waals surface area contributed by atoms with Gasteiger partial charge in [0.15, 0.2) is 0 Å². The zero-order valence-electron chi connectivity index (χ0n) is 10.6. The lowest BCUT2D eigenvalue weighted by molar-refractivity contribution is 0.0977. The van der Waals surface area contributed by atoms with E-state index < -0.39 is 0 Å². The molecule has 0 bridgehead atoms. The number of aliphatic hydroxyl groups excluding tert-OH is 1. The van der Waals surface area contributed by atoms with Crippen molar-refractivity contribution in [1.82, 2.24) is 4.98 Å². The van der Waals surface area contributed by atoms with Crippen LogP contribution in [-0.4, -0.2) is 16.2 Å². The lowest BCUT2D eigenvalue weighted by Crippen LogP contribution is -2.24. The van der Waals surface area contributed by atoms with Crippen molar-refractivity contribution in [3.8, 4) is 0 Å². The second-order valence-corrected chi connectivity index (χ2v) is 6.04. The minimum absolute atomic E-state index is 0.276. The van der Waals surface area contributed by atoms with Gasteiger partial charge in [-0.15, -0.1) is 11.3 Å². The van der Waals surface area contributed by atoms with Crippen LogP contribution in [0, 0.1) is 11.8 Å². The fraction of sp³-hybridized carbons (Fsp3) is 0.500. The lowest BCUT2D eigenvalue weighted by Gasteiger charge is -2.22. The molecule has 0 fully saturated rings. The molecule has 92 valence electrons. The Labute approximate surface area is 106 Å². The highest BCUT2D eigenvalue weighted by Gasteiger charge is 2.21. The molecule has 2 atom stereocenters. The highest BCUT2D eigenvalue weighted by molar-refractivity contribution is 7.18. The molecule has 2 rings (SSSR count). The normalized spacial score (nSPS) is 15.4. The Morgan fingerprint density at radius 1 is 1.24 bits per heavy atom. The van der Waals surface area contributed by atoms with Gasteiger partial charge in [-0.2, -0.15) is 0 Å². The Morgan fingerprint density at radius 3 is 2.53 bits per heavy atom. The van der Waals surface area contributed by atoms with Crippen molar-refractivity contribution in [2.45, 2.75) is 33.3 Å².